The third kappa shape index (κ3) is 6.58. The Morgan fingerprint density at radius 2 is 2.21 bits per heavy atom. The van der Waals surface area contributed by atoms with Crippen molar-refractivity contribution in [3.63, 3.8) is 0 Å². The quantitative estimate of drug-likeness (QED) is 0.496. The molecule has 0 saturated carbocycles. The third-order valence-corrected chi connectivity index (χ3v) is 3.31. The van der Waals surface area contributed by atoms with Crippen molar-refractivity contribution in [1.29, 1.82) is 0 Å². The maximum atomic E-state index is 12.1. The minimum atomic E-state index is -4.13. The van der Waals surface area contributed by atoms with Crippen LogP contribution in [0.4, 0.5) is 13.2 Å². The van der Waals surface area contributed by atoms with Gasteiger partial charge in [0.25, 0.3) is 0 Å². The Morgan fingerprint density at radius 1 is 1.47 bits per heavy atom. The molecular weight excluding hydrogens is 275 g/mol. The zero-order valence-electron chi connectivity index (χ0n) is 11.0. The van der Waals surface area contributed by atoms with Gasteiger partial charge in [-0.15, -0.1) is 11.3 Å². The Hall–Kier alpha value is -1.08. The highest BCUT2D eigenvalue weighted by Crippen LogP contribution is 2.15. The summed E-state index contributed by atoms with van der Waals surface area (Å²) in [7, 11) is 3.17. The summed E-state index contributed by atoms with van der Waals surface area (Å²) in [4.78, 5) is 6.44. The van der Waals surface area contributed by atoms with Crippen LogP contribution in [0.25, 0.3) is 0 Å². The summed E-state index contributed by atoms with van der Waals surface area (Å²) >= 11 is 1.58. The van der Waals surface area contributed by atoms with Crippen molar-refractivity contribution in [2.24, 2.45) is 4.99 Å². The predicted molar refractivity (Wildman–Crippen MR) is 73.0 cm³/mol. The summed E-state index contributed by atoms with van der Waals surface area (Å²) in [5.74, 6) is 0.786. The number of rotatable bonds is 6. The van der Waals surface area contributed by atoms with E-state index in [0.29, 0.717) is 19.5 Å². The Labute approximate surface area is 115 Å². The average molecular weight is 293 g/mol. The topological polar surface area (TPSA) is 27.6 Å². The Kier molecular flexibility index (Phi) is 6.30. The van der Waals surface area contributed by atoms with Crippen LogP contribution < -0.4 is 5.32 Å². The molecule has 1 rings (SSSR count). The third-order valence-electron chi connectivity index (χ3n) is 2.44. The fourth-order valence-electron chi connectivity index (χ4n) is 1.63. The molecule has 0 aliphatic heterocycles. The van der Waals surface area contributed by atoms with Crippen LogP contribution in [0.1, 0.15) is 11.3 Å². The first-order chi connectivity index (χ1) is 8.92. The van der Waals surface area contributed by atoms with Gasteiger partial charge in [0.15, 0.2) is 0 Å². The Bertz CT molecular complexity index is 387. The van der Waals surface area contributed by atoms with Crippen LogP contribution in [0.3, 0.4) is 0 Å². The van der Waals surface area contributed by atoms with Crippen molar-refractivity contribution >= 4 is 17.2 Å². The Balaban J connectivity index is 2.24. The number of thiophene rings is 1. The van der Waals surface area contributed by atoms with Crippen molar-refractivity contribution in [1.82, 2.24) is 10.2 Å². The van der Waals surface area contributed by atoms with E-state index in [1.54, 1.807) is 18.4 Å². The van der Waals surface area contributed by atoms with Crippen LogP contribution in [0.2, 0.25) is 0 Å². The van der Waals surface area contributed by atoms with Crippen LogP contribution in [0.15, 0.2) is 22.5 Å². The van der Waals surface area contributed by atoms with Gasteiger partial charge in [-0.2, -0.15) is 13.2 Å². The molecule has 0 amide bonds. The molecular formula is C12H18F3N3S. The van der Waals surface area contributed by atoms with Gasteiger partial charge in [0.05, 0.1) is 11.4 Å². The smallest absolute Gasteiger partial charge is 0.369 e. The van der Waals surface area contributed by atoms with Crippen molar-refractivity contribution in [3.05, 3.63) is 22.4 Å². The number of halogens is 3. The summed E-state index contributed by atoms with van der Waals surface area (Å²) in [5, 5.41) is 5.10. The summed E-state index contributed by atoms with van der Waals surface area (Å²) < 4.78 is 36.3. The molecule has 0 aliphatic carbocycles. The minimum absolute atomic E-state index is 0.397. The summed E-state index contributed by atoms with van der Waals surface area (Å²) in [5.41, 5.74) is 0. The molecule has 1 aromatic heterocycles. The van der Waals surface area contributed by atoms with Crippen LogP contribution in [-0.2, 0) is 0 Å². The first kappa shape index (κ1) is 16.0. The fourth-order valence-corrected chi connectivity index (χ4v) is 2.37. The van der Waals surface area contributed by atoms with Gasteiger partial charge < -0.3 is 5.32 Å². The van der Waals surface area contributed by atoms with Crippen LogP contribution in [0, 0.1) is 0 Å². The molecule has 0 fully saturated rings. The van der Waals surface area contributed by atoms with E-state index in [0.717, 1.165) is 10.7 Å². The van der Waals surface area contributed by atoms with E-state index in [2.05, 4.69) is 10.3 Å². The molecule has 0 aromatic carbocycles. The molecule has 108 valence electrons. The molecule has 0 radical (unpaired) electrons. The van der Waals surface area contributed by atoms with Crippen molar-refractivity contribution < 1.29 is 13.2 Å². The first-order valence-electron chi connectivity index (χ1n) is 5.92. The largest absolute Gasteiger partial charge is 0.401 e. The number of amidine groups is 1. The maximum Gasteiger partial charge on any atom is 0.401 e. The fraction of sp³-hybridized carbons (Fsp3) is 0.583. The molecule has 19 heavy (non-hydrogen) atoms. The number of nitrogens with one attached hydrogen (secondary N) is 1. The van der Waals surface area contributed by atoms with Crippen LogP contribution in [-0.4, -0.2) is 50.6 Å². The zero-order chi connectivity index (χ0) is 14.3. The maximum absolute atomic E-state index is 12.1. The second-order valence-corrected chi connectivity index (χ2v) is 5.13. The highest BCUT2D eigenvalue weighted by atomic mass is 32.1. The van der Waals surface area contributed by atoms with E-state index < -0.39 is 12.7 Å². The summed E-state index contributed by atoms with van der Waals surface area (Å²) in [6.45, 7) is 0.132. The molecule has 1 aromatic rings. The molecule has 0 atom stereocenters. The second-order valence-electron chi connectivity index (χ2n) is 4.18. The van der Waals surface area contributed by atoms with Gasteiger partial charge in [-0.1, -0.05) is 6.07 Å². The highest BCUT2D eigenvalue weighted by Gasteiger charge is 2.28. The standard InChI is InChI=1S/C12H18F3N3S/c1-16-11(10-5-3-8-19-10)17-6-4-7-18(2)9-12(13,14)15/h3,5,8H,4,6-7,9H2,1-2H3,(H,16,17). The van der Waals surface area contributed by atoms with Gasteiger partial charge in [-0.05, 0) is 31.5 Å². The molecule has 0 saturated heterocycles. The molecule has 0 aliphatic rings. The van der Waals surface area contributed by atoms with Gasteiger partial charge >= 0.3 is 6.18 Å². The molecule has 3 nitrogen and oxygen atoms in total. The first-order valence-corrected chi connectivity index (χ1v) is 6.80. The monoisotopic (exact) mass is 293 g/mol. The molecule has 0 bridgehead atoms. The Morgan fingerprint density at radius 3 is 2.74 bits per heavy atom. The van der Waals surface area contributed by atoms with E-state index in [1.165, 1.54) is 11.9 Å². The van der Waals surface area contributed by atoms with Gasteiger partial charge in [-0.25, -0.2) is 0 Å². The predicted octanol–water partition coefficient (Wildman–Crippen LogP) is 2.60. The van der Waals surface area contributed by atoms with Crippen molar-refractivity contribution in [2.45, 2.75) is 12.6 Å². The molecule has 1 heterocycles. The normalized spacial score (nSPS) is 13.1. The lowest BCUT2D eigenvalue weighted by Crippen LogP contribution is -2.33. The lowest BCUT2D eigenvalue weighted by atomic mass is 10.3. The van der Waals surface area contributed by atoms with Crippen molar-refractivity contribution in [3.8, 4) is 0 Å². The molecule has 1 N–H and O–H groups in total. The summed E-state index contributed by atoms with van der Waals surface area (Å²) in [6.07, 6.45) is -3.49. The van der Waals surface area contributed by atoms with E-state index in [1.807, 2.05) is 17.5 Å². The van der Waals surface area contributed by atoms with E-state index in [-0.39, 0.29) is 0 Å². The molecule has 0 spiro atoms. The lowest BCUT2D eigenvalue weighted by molar-refractivity contribution is -0.143. The van der Waals surface area contributed by atoms with Gasteiger partial charge in [0.2, 0.25) is 0 Å². The number of hydrogen-bond donors (Lipinski definition) is 1. The van der Waals surface area contributed by atoms with Crippen LogP contribution >= 0.6 is 11.3 Å². The van der Waals surface area contributed by atoms with E-state index in [4.69, 9.17) is 0 Å². The van der Waals surface area contributed by atoms with Gasteiger partial charge in [0, 0.05) is 13.6 Å². The van der Waals surface area contributed by atoms with Crippen LogP contribution in [0.5, 0.6) is 0 Å². The molecule has 7 heteroatoms. The van der Waals surface area contributed by atoms with E-state index >= 15 is 0 Å². The highest BCUT2D eigenvalue weighted by molar-refractivity contribution is 7.12. The second kappa shape index (κ2) is 7.49. The number of nitrogens with zero attached hydrogens (tertiary/aromatic N) is 2. The minimum Gasteiger partial charge on any atom is -0.369 e. The van der Waals surface area contributed by atoms with Crippen molar-refractivity contribution in [2.75, 3.05) is 33.7 Å². The van der Waals surface area contributed by atoms with Gasteiger partial charge in [-0.3, -0.25) is 9.89 Å². The lowest BCUT2D eigenvalue weighted by Gasteiger charge is -2.18. The average Bonchev–Trinajstić information content (AvgIpc) is 2.80. The number of alkyl halides is 3. The van der Waals surface area contributed by atoms with Gasteiger partial charge in [0.1, 0.15) is 5.84 Å². The van der Waals surface area contributed by atoms with E-state index in [9.17, 15) is 13.2 Å². The number of aliphatic imine (C=N–C) groups is 1. The molecule has 0 unspecified atom stereocenters. The summed E-state index contributed by atoms with van der Waals surface area (Å²) in [6, 6.07) is 3.89. The zero-order valence-corrected chi connectivity index (χ0v) is 11.8. The number of hydrogen-bond acceptors (Lipinski definition) is 3. The SMILES string of the molecule is CN=C(NCCCN(C)CC(F)(F)F)c1cccs1.